The van der Waals surface area contributed by atoms with Gasteiger partial charge in [-0.25, -0.2) is 4.79 Å². The van der Waals surface area contributed by atoms with Gasteiger partial charge in [0.15, 0.2) is 5.69 Å². The largest absolute Gasteiger partial charge is 0.466 e. The number of carbonyl (C=O) groups excluding carboxylic acids is 2. The molecule has 1 aliphatic rings. The maximum atomic E-state index is 13.3. The monoisotopic (exact) mass is 471 g/mol. The van der Waals surface area contributed by atoms with Crippen LogP contribution in [0.3, 0.4) is 0 Å². The van der Waals surface area contributed by atoms with E-state index < -0.39 is 11.2 Å². The summed E-state index contributed by atoms with van der Waals surface area (Å²) in [6.45, 7) is 5.28. The standard InChI is InChI=1S/C24H33N5O5/c1-3-28(19(30)16-27(14-18-10-11-18)13-12-20(31)34-4-2)21-22(25)29(24(33)26-23(21)32)15-17-8-6-5-7-9-17/h5-9,18H,3-4,10-16,25H2,1-2H3,(H,26,32,33). The van der Waals surface area contributed by atoms with Crippen LogP contribution in [-0.4, -0.2) is 59.1 Å². The van der Waals surface area contributed by atoms with E-state index in [-0.39, 0.29) is 49.4 Å². The van der Waals surface area contributed by atoms with Gasteiger partial charge in [-0.2, -0.15) is 0 Å². The molecule has 184 valence electrons. The number of likely N-dealkylation sites (N-methyl/N-ethyl adjacent to an activating group) is 1. The number of nitrogens with one attached hydrogen (secondary N) is 1. The van der Waals surface area contributed by atoms with Crippen molar-refractivity contribution in [3.8, 4) is 0 Å². The van der Waals surface area contributed by atoms with Crippen molar-refractivity contribution >= 4 is 23.4 Å². The first kappa shape index (κ1) is 25.2. The zero-order valence-electron chi connectivity index (χ0n) is 19.8. The second-order valence-corrected chi connectivity index (χ2v) is 8.44. The lowest BCUT2D eigenvalue weighted by Gasteiger charge is -2.27. The minimum absolute atomic E-state index is 0.0282. The van der Waals surface area contributed by atoms with Gasteiger partial charge in [0.05, 0.1) is 26.1 Å². The number of aromatic amines is 1. The number of ether oxygens (including phenoxy) is 1. The van der Waals surface area contributed by atoms with Crippen molar-refractivity contribution in [1.82, 2.24) is 14.5 Å². The van der Waals surface area contributed by atoms with E-state index in [1.807, 2.05) is 35.2 Å². The number of carbonyl (C=O) groups is 2. The highest BCUT2D eigenvalue weighted by Crippen LogP contribution is 2.30. The smallest absolute Gasteiger partial charge is 0.330 e. The Balaban J connectivity index is 1.82. The SMILES string of the molecule is CCOC(=O)CCN(CC(=O)N(CC)c1c(N)n(Cc2ccccc2)c(=O)[nH]c1=O)CC1CC1. The third kappa shape index (κ3) is 6.57. The number of H-pyrrole nitrogens is 1. The Morgan fingerprint density at radius 3 is 2.50 bits per heavy atom. The Bertz CT molecular complexity index is 1110. The third-order valence-electron chi connectivity index (χ3n) is 5.79. The predicted octanol–water partition coefficient (Wildman–Crippen LogP) is 1.19. The van der Waals surface area contributed by atoms with E-state index in [0.29, 0.717) is 25.6 Å². The first-order valence-corrected chi connectivity index (χ1v) is 11.7. The summed E-state index contributed by atoms with van der Waals surface area (Å²) < 4.78 is 6.26. The molecule has 3 rings (SSSR count). The Labute approximate surface area is 198 Å². The maximum absolute atomic E-state index is 13.3. The molecule has 1 fully saturated rings. The number of amides is 1. The summed E-state index contributed by atoms with van der Waals surface area (Å²) in [7, 11) is 0. The normalized spacial score (nSPS) is 13.1. The van der Waals surface area contributed by atoms with Crippen molar-refractivity contribution < 1.29 is 14.3 Å². The van der Waals surface area contributed by atoms with Crippen LogP contribution in [0.1, 0.15) is 38.7 Å². The second-order valence-electron chi connectivity index (χ2n) is 8.44. The maximum Gasteiger partial charge on any atom is 0.330 e. The number of anilines is 2. The van der Waals surface area contributed by atoms with Gasteiger partial charge in [0.25, 0.3) is 5.56 Å². The number of aromatic nitrogens is 2. The Morgan fingerprint density at radius 1 is 1.18 bits per heavy atom. The summed E-state index contributed by atoms with van der Waals surface area (Å²) in [6, 6.07) is 9.24. The van der Waals surface area contributed by atoms with Crippen LogP contribution in [0.5, 0.6) is 0 Å². The molecular weight excluding hydrogens is 438 g/mol. The molecule has 34 heavy (non-hydrogen) atoms. The van der Waals surface area contributed by atoms with E-state index >= 15 is 0 Å². The van der Waals surface area contributed by atoms with E-state index in [9.17, 15) is 19.2 Å². The van der Waals surface area contributed by atoms with Gasteiger partial charge < -0.3 is 15.4 Å². The average molecular weight is 472 g/mol. The lowest BCUT2D eigenvalue weighted by atomic mass is 10.2. The number of nitrogens with two attached hydrogens (primary N) is 1. The molecule has 0 unspecified atom stereocenters. The van der Waals surface area contributed by atoms with Crippen molar-refractivity contribution in [1.29, 1.82) is 0 Å². The molecular formula is C24H33N5O5. The predicted molar refractivity (Wildman–Crippen MR) is 130 cm³/mol. The number of benzene rings is 1. The zero-order valence-corrected chi connectivity index (χ0v) is 19.8. The molecule has 1 saturated carbocycles. The van der Waals surface area contributed by atoms with Crippen LogP contribution in [0.2, 0.25) is 0 Å². The molecule has 0 radical (unpaired) electrons. The summed E-state index contributed by atoms with van der Waals surface area (Å²) in [4.78, 5) is 55.8. The summed E-state index contributed by atoms with van der Waals surface area (Å²) in [5.41, 5.74) is 5.72. The fourth-order valence-corrected chi connectivity index (χ4v) is 3.88. The van der Waals surface area contributed by atoms with Gasteiger partial charge in [-0.3, -0.25) is 28.8 Å². The van der Waals surface area contributed by atoms with Crippen LogP contribution in [0.15, 0.2) is 39.9 Å². The number of rotatable bonds is 12. The van der Waals surface area contributed by atoms with Crippen molar-refractivity contribution in [2.45, 2.75) is 39.7 Å². The fraction of sp³-hybridized carbons (Fsp3) is 0.500. The molecule has 1 heterocycles. The molecule has 10 nitrogen and oxygen atoms in total. The molecule has 10 heteroatoms. The van der Waals surface area contributed by atoms with E-state index in [0.717, 1.165) is 18.4 Å². The molecule has 0 bridgehead atoms. The summed E-state index contributed by atoms with van der Waals surface area (Å²) in [6.07, 6.45) is 2.38. The van der Waals surface area contributed by atoms with Crippen molar-refractivity contribution in [2.75, 3.05) is 43.4 Å². The van der Waals surface area contributed by atoms with Gasteiger partial charge in [0, 0.05) is 19.6 Å². The quantitative estimate of drug-likeness (QED) is 0.445. The van der Waals surface area contributed by atoms with Crippen LogP contribution >= 0.6 is 0 Å². The number of nitrogens with zero attached hydrogens (tertiary/aromatic N) is 3. The molecule has 0 saturated heterocycles. The summed E-state index contributed by atoms with van der Waals surface area (Å²) in [5, 5.41) is 0. The number of nitrogen functional groups attached to an aromatic ring is 1. The van der Waals surface area contributed by atoms with Crippen LogP contribution < -0.4 is 21.9 Å². The van der Waals surface area contributed by atoms with Crippen LogP contribution in [0.25, 0.3) is 0 Å². The molecule has 3 N–H and O–H groups in total. The highest BCUT2D eigenvalue weighted by molar-refractivity contribution is 5.96. The van der Waals surface area contributed by atoms with Gasteiger partial charge in [-0.05, 0) is 38.2 Å². The van der Waals surface area contributed by atoms with Gasteiger partial charge in [0.2, 0.25) is 5.91 Å². The van der Waals surface area contributed by atoms with Crippen molar-refractivity contribution in [3.05, 3.63) is 56.7 Å². The van der Waals surface area contributed by atoms with Gasteiger partial charge in [-0.1, -0.05) is 30.3 Å². The number of esters is 1. The highest BCUT2D eigenvalue weighted by atomic mass is 16.5. The fourth-order valence-electron chi connectivity index (χ4n) is 3.88. The van der Waals surface area contributed by atoms with Crippen LogP contribution in [-0.2, 0) is 20.9 Å². The molecule has 1 aromatic carbocycles. The van der Waals surface area contributed by atoms with Crippen molar-refractivity contribution in [3.63, 3.8) is 0 Å². The average Bonchev–Trinajstić information content (AvgIpc) is 3.62. The number of hydrogen-bond donors (Lipinski definition) is 2. The minimum atomic E-state index is -0.706. The Kier molecular flexibility index (Phi) is 8.64. The Morgan fingerprint density at radius 2 is 1.88 bits per heavy atom. The molecule has 2 aromatic rings. The van der Waals surface area contributed by atoms with E-state index in [4.69, 9.17) is 10.5 Å². The molecule has 1 aliphatic carbocycles. The second kappa shape index (κ2) is 11.6. The van der Waals surface area contributed by atoms with Gasteiger partial charge >= 0.3 is 11.7 Å². The summed E-state index contributed by atoms with van der Waals surface area (Å²) in [5.74, 6) is -0.190. The zero-order chi connectivity index (χ0) is 24.7. The number of hydrogen-bond acceptors (Lipinski definition) is 7. The topological polar surface area (TPSA) is 131 Å². The molecule has 0 spiro atoms. The lowest BCUT2D eigenvalue weighted by molar-refractivity contribution is -0.143. The first-order chi connectivity index (χ1) is 16.3. The summed E-state index contributed by atoms with van der Waals surface area (Å²) >= 11 is 0. The van der Waals surface area contributed by atoms with Gasteiger partial charge in [-0.15, -0.1) is 0 Å². The first-order valence-electron chi connectivity index (χ1n) is 11.7. The molecule has 1 aromatic heterocycles. The molecule has 1 amide bonds. The lowest BCUT2D eigenvalue weighted by Crippen LogP contribution is -2.46. The van der Waals surface area contributed by atoms with E-state index in [1.54, 1.807) is 13.8 Å². The third-order valence-corrected chi connectivity index (χ3v) is 5.79. The highest BCUT2D eigenvalue weighted by Gasteiger charge is 2.28. The van der Waals surface area contributed by atoms with Crippen LogP contribution in [0.4, 0.5) is 11.5 Å². The molecule has 0 aliphatic heterocycles. The minimum Gasteiger partial charge on any atom is -0.466 e. The van der Waals surface area contributed by atoms with Gasteiger partial charge in [0.1, 0.15) is 5.82 Å². The van der Waals surface area contributed by atoms with Crippen LogP contribution in [0, 0.1) is 5.92 Å². The van der Waals surface area contributed by atoms with E-state index in [1.165, 1.54) is 9.47 Å². The van der Waals surface area contributed by atoms with E-state index in [2.05, 4.69) is 4.98 Å². The Hall–Kier alpha value is -3.40. The van der Waals surface area contributed by atoms with Crippen molar-refractivity contribution in [2.24, 2.45) is 5.92 Å². The molecule has 0 atom stereocenters.